The molecule has 1 aliphatic heterocycles. The van der Waals surface area contributed by atoms with Crippen LogP contribution in [0.1, 0.15) is 60.3 Å². The van der Waals surface area contributed by atoms with E-state index in [0.29, 0.717) is 35.2 Å². The number of nitrogens with one attached hydrogen (secondary N) is 1. The van der Waals surface area contributed by atoms with Crippen molar-refractivity contribution < 1.29 is 4.79 Å². The van der Waals surface area contributed by atoms with Crippen LogP contribution < -0.4 is 5.32 Å². The molecular formula is C16H30N2O. The number of hydrogen-bond acceptors (Lipinski definition) is 2. The second-order valence-electron chi connectivity index (χ2n) is 8.09. The summed E-state index contributed by atoms with van der Waals surface area (Å²) in [6, 6.07) is 0.947. The lowest BCUT2D eigenvalue weighted by Gasteiger charge is -2.39. The molecule has 110 valence electrons. The molecule has 1 amide bonds. The lowest BCUT2D eigenvalue weighted by atomic mass is 9.65. The van der Waals surface area contributed by atoms with Crippen molar-refractivity contribution in [3.8, 4) is 0 Å². The molecule has 1 saturated heterocycles. The molecule has 0 radical (unpaired) electrons. The second kappa shape index (κ2) is 5.08. The van der Waals surface area contributed by atoms with Crippen LogP contribution in [0.15, 0.2) is 0 Å². The number of amides is 1. The molecule has 1 N–H and O–H groups in total. The summed E-state index contributed by atoms with van der Waals surface area (Å²) in [6.45, 7) is 13.1. The molecule has 0 aromatic heterocycles. The van der Waals surface area contributed by atoms with Gasteiger partial charge in [-0.3, -0.25) is 4.79 Å². The van der Waals surface area contributed by atoms with Gasteiger partial charge in [-0.25, -0.2) is 0 Å². The van der Waals surface area contributed by atoms with Gasteiger partial charge in [0.2, 0.25) is 5.91 Å². The molecule has 2 aliphatic rings. The second-order valence-corrected chi connectivity index (χ2v) is 8.09. The first-order chi connectivity index (χ1) is 8.71. The quantitative estimate of drug-likeness (QED) is 0.848. The minimum absolute atomic E-state index is 0.347. The summed E-state index contributed by atoms with van der Waals surface area (Å²) in [4.78, 5) is 14.6. The SMILES string of the molecule is CC(C)NCCC(=O)N1CC2(C)CC1CC(C)(C)C2. The van der Waals surface area contributed by atoms with Crippen molar-refractivity contribution in [1.29, 1.82) is 0 Å². The molecule has 2 unspecified atom stereocenters. The monoisotopic (exact) mass is 266 g/mol. The first-order valence-electron chi connectivity index (χ1n) is 7.74. The highest BCUT2D eigenvalue weighted by atomic mass is 16.2. The van der Waals surface area contributed by atoms with Crippen LogP contribution in [0.25, 0.3) is 0 Å². The van der Waals surface area contributed by atoms with Crippen LogP contribution in [-0.4, -0.2) is 36.0 Å². The highest BCUT2D eigenvalue weighted by Crippen LogP contribution is 2.52. The Bertz CT molecular complexity index is 351. The van der Waals surface area contributed by atoms with E-state index in [1.165, 1.54) is 19.3 Å². The van der Waals surface area contributed by atoms with Crippen molar-refractivity contribution in [3.63, 3.8) is 0 Å². The largest absolute Gasteiger partial charge is 0.339 e. The molecule has 2 rings (SSSR count). The molecule has 0 spiro atoms. The van der Waals surface area contributed by atoms with Crippen molar-refractivity contribution >= 4 is 5.91 Å². The molecule has 3 heteroatoms. The van der Waals surface area contributed by atoms with E-state index in [2.05, 4.69) is 44.8 Å². The van der Waals surface area contributed by atoms with E-state index in [0.717, 1.165) is 13.1 Å². The van der Waals surface area contributed by atoms with Gasteiger partial charge in [0, 0.05) is 31.6 Å². The Hall–Kier alpha value is -0.570. The molecule has 2 fully saturated rings. The highest BCUT2D eigenvalue weighted by molar-refractivity contribution is 5.77. The standard InChI is InChI=1S/C16H30N2O/c1-12(2)17-7-6-14(19)18-11-16(5)9-13(18)8-15(3,4)10-16/h12-13,17H,6-11H2,1-5H3. The summed E-state index contributed by atoms with van der Waals surface area (Å²) in [5, 5.41) is 3.34. The van der Waals surface area contributed by atoms with Gasteiger partial charge in [-0.15, -0.1) is 0 Å². The Kier molecular flexibility index (Phi) is 3.97. The Balaban J connectivity index is 1.93. The molecule has 3 nitrogen and oxygen atoms in total. The number of likely N-dealkylation sites (tertiary alicyclic amines) is 1. The Morgan fingerprint density at radius 3 is 2.63 bits per heavy atom. The molecular weight excluding hydrogens is 236 g/mol. The Morgan fingerprint density at radius 2 is 2.00 bits per heavy atom. The average molecular weight is 266 g/mol. The summed E-state index contributed by atoms with van der Waals surface area (Å²) in [5.74, 6) is 0.347. The van der Waals surface area contributed by atoms with Gasteiger partial charge >= 0.3 is 0 Å². The number of fused-ring (bicyclic) bond motifs is 2. The third-order valence-corrected chi connectivity index (χ3v) is 4.63. The average Bonchev–Trinajstić information content (AvgIpc) is 2.47. The maximum atomic E-state index is 12.4. The Morgan fingerprint density at radius 1 is 1.32 bits per heavy atom. The maximum Gasteiger partial charge on any atom is 0.224 e. The fraction of sp³-hybridized carbons (Fsp3) is 0.938. The van der Waals surface area contributed by atoms with Crippen LogP contribution >= 0.6 is 0 Å². The first kappa shape index (κ1) is 14.8. The summed E-state index contributed by atoms with van der Waals surface area (Å²) >= 11 is 0. The first-order valence-corrected chi connectivity index (χ1v) is 7.74. The van der Waals surface area contributed by atoms with E-state index in [1.54, 1.807) is 0 Å². The van der Waals surface area contributed by atoms with Crippen LogP contribution in [-0.2, 0) is 4.79 Å². The lowest BCUT2D eigenvalue weighted by molar-refractivity contribution is -0.132. The van der Waals surface area contributed by atoms with Gasteiger partial charge < -0.3 is 10.2 Å². The van der Waals surface area contributed by atoms with Gasteiger partial charge in [0.05, 0.1) is 0 Å². The number of nitrogens with zero attached hydrogens (tertiary/aromatic N) is 1. The third-order valence-electron chi connectivity index (χ3n) is 4.63. The molecule has 1 saturated carbocycles. The van der Waals surface area contributed by atoms with Crippen molar-refractivity contribution in [2.75, 3.05) is 13.1 Å². The molecule has 0 aromatic carbocycles. The van der Waals surface area contributed by atoms with E-state index in [9.17, 15) is 4.79 Å². The predicted octanol–water partition coefficient (Wildman–Crippen LogP) is 2.80. The predicted molar refractivity (Wildman–Crippen MR) is 79.0 cm³/mol. The smallest absolute Gasteiger partial charge is 0.224 e. The minimum Gasteiger partial charge on any atom is -0.339 e. The molecule has 19 heavy (non-hydrogen) atoms. The number of carbonyl (C=O) groups excluding carboxylic acids is 1. The molecule has 1 heterocycles. The van der Waals surface area contributed by atoms with Crippen molar-refractivity contribution in [3.05, 3.63) is 0 Å². The topological polar surface area (TPSA) is 32.3 Å². The van der Waals surface area contributed by atoms with Gasteiger partial charge in [-0.1, -0.05) is 34.6 Å². The van der Waals surface area contributed by atoms with E-state index >= 15 is 0 Å². The summed E-state index contributed by atoms with van der Waals surface area (Å²) < 4.78 is 0. The van der Waals surface area contributed by atoms with E-state index < -0.39 is 0 Å². The zero-order chi connectivity index (χ0) is 14.3. The molecule has 2 bridgehead atoms. The Labute approximate surface area is 118 Å². The summed E-state index contributed by atoms with van der Waals surface area (Å²) in [6.07, 6.45) is 4.28. The van der Waals surface area contributed by atoms with Gasteiger partial charge in [-0.05, 0) is 30.1 Å². The fourth-order valence-corrected chi connectivity index (χ4v) is 4.36. The fourth-order valence-electron chi connectivity index (χ4n) is 4.36. The van der Waals surface area contributed by atoms with E-state index in [1.807, 2.05) is 0 Å². The summed E-state index contributed by atoms with van der Waals surface area (Å²) in [7, 11) is 0. The van der Waals surface area contributed by atoms with Gasteiger partial charge in [0.15, 0.2) is 0 Å². The van der Waals surface area contributed by atoms with Crippen molar-refractivity contribution in [2.45, 2.75) is 72.4 Å². The maximum absolute atomic E-state index is 12.4. The zero-order valence-corrected chi connectivity index (χ0v) is 13.3. The normalized spacial score (nSPS) is 32.9. The van der Waals surface area contributed by atoms with E-state index in [4.69, 9.17) is 0 Å². The van der Waals surface area contributed by atoms with Crippen molar-refractivity contribution in [2.24, 2.45) is 10.8 Å². The van der Waals surface area contributed by atoms with Crippen LogP contribution in [0, 0.1) is 10.8 Å². The van der Waals surface area contributed by atoms with Crippen molar-refractivity contribution in [1.82, 2.24) is 10.2 Å². The zero-order valence-electron chi connectivity index (χ0n) is 13.3. The van der Waals surface area contributed by atoms with E-state index in [-0.39, 0.29) is 0 Å². The lowest BCUT2D eigenvalue weighted by Crippen LogP contribution is -2.39. The number of rotatable bonds is 4. The molecule has 0 aromatic rings. The van der Waals surface area contributed by atoms with Gasteiger partial charge in [0.25, 0.3) is 0 Å². The number of hydrogen-bond donors (Lipinski definition) is 1. The number of carbonyl (C=O) groups is 1. The van der Waals surface area contributed by atoms with Crippen LogP contribution in [0.3, 0.4) is 0 Å². The van der Waals surface area contributed by atoms with Gasteiger partial charge in [0.1, 0.15) is 0 Å². The molecule has 1 aliphatic carbocycles. The molecule has 2 atom stereocenters. The minimum atomic E-state index is 0.347. The van der Waals surface area contributed by atoms with Gasteiger partial charge in [-0.2, -0.15) is 0 Å². The highest BCUT2D eigenvalue weighted by Gasteiger charge is 2.50. The summed E-state index contributed by atoms with van der Waals surface area (Å²) in [5.41, 5.74) is 0.746. The third kappa shape index (κ3) is 3.50. The van der Waals surface area contributed by atoms with Crippen LogP contribution in [0.5, 0.6) is 0 Å². The van der Waals surface area contributed by atoms with Crippen LogP contribution in [0.2, 0.25) is 0 Å². The van der Waals surface area contributed by atoms with Crippen LogP contribution in [0.4, 0.5) is 0 Å².